The zero-order chi connectivity index (χ0) is 20.5. The summed E-state index contributed by atoms with van der Waals surface area (Å²) < 4.78 is 48.2. The monoisotopic (exact) mass is 406 g/mol. The molecule has 2 amide bonds. The standard InChI is InChI=1S/C20H17F3N2O4/c21-13-5-6-16(29-20(22)23)17(10-13)28-14-7-12(8-14)19(27)24-25-15-4-2-1-3-11(15)9-18(25)26/h1-6,10,12,14,20H,7-9H2,(H,24,27). The topological polar surface area (TPSA) is 67.9 Å². The molecule has 9 heteroatoms. The molecule has 2 aliphatic rings. The lowest BCUT2D eigenvalue weighted by Crippen LogP contribution is -2.51. The predicted molar refractivity (Wildman–Crippen MR) is 95.9 cm³/mol. The molecule has 0 saturated heterocycles. The van der Waals surface area contributed by atoms with Gasteiger partial charge in [0.05, 0.1) is 12.1 Å². The van der Waals surface area contributed by atoms with Crippen molar-refractivity contribution in [1.29, 1.82) is 0 Å². The van der Waals surface area contributed by atoms with Crippen molar-refractivity contribution < 1.29 is 32.2 Å². The summed E-state index contributed by atoms with van der Waals surface area (Å²) >= 11 is 0. The number of rotatable bonds is 6. The van der Waals surface area contributed by atoms with Gasteiger partial charge in [0.25, 0.3) is 0 Å². The van der Waals surface area contributed by atoms with Crippen LogP contribution in [-0.2, 0) is 16.0 Å². The van der Waals surface area contributed by atoms with E-state index in [4.69, 9.17) is 4.74 Å². The minimum Gasteiger partial charge on any atom is -0.486 e. The van der Waals surface area contributed by atoms with Crippen molar-refractivity contribution in [2.24, 2.45) is 5.92 Å². The number of halogens is 3. The second kappa shape index (κ2) is 7.65. The fraction of sp³-hybridized carbons (Fsp3) is 0.300. The lowest BCUT2D eigenvalue weighted by Gasteiger charge is -2.35. The maximum atomic E-state index is 13.4. The molecule has 2 aromatic rings. The largest absolute Gasteiger partial charge is 0.486 e. The summed E-state index contributed by atoms with van der Waals surface area (Å²) in [5.41, 5.74) is 4.11. The Kier molecular flexibility index (Phi) is 5.04. The minimum absolute atomic E-state index is 0.141. The molecule has 4 rings (SSSR count). The van der Waals surface area contributed by atoms with Crippen LogP contribution in [0.2, 0.25) is 0 Å². The summed E-state index contributed by atoms with van der Waals surface area (Å²) in [5.74, 6) is -2.03. The molecule has 1 saturated carbocycles. The normalized spacial score (nSPS) is 20.3. The van der Waals surface area contributed by atoms with Crippen molar-refractivity contribution >= 4 is 17.5 Å². The van der Waals surface area contributed by atoms with E-state index in [9.17, 15) is 22.8 Å². The van der Waals surface area contributed by atoms with Gasteiger partial charge < -0.3 is 9.47 Å². The Bertz CT molecular complexity index is 947. The number of para-hydroxylation sites is 1. The second-order valence-corrected chi connectivity index (χ2v) is 6.89. The van der Waals surface area contributed by atoms with E-state index in [2.05, 4.69) is 10.2 Å². The number of fused-ring (bicyclic) bond motifs is 1. The first-order chi connectivity index (χ1) is 13.9. The molecule has 152 valence electrons. The number of hydrogen-bond donors (Lipinski definition) is 1. The van der Waals surface area contributed by atoms with Crippen LogP contribution in [0.4, 0.5) is 18.9 Å². The Morgan fingerprint density at radius 1 is 1.14 bits per heavy atom. The number of nitrogens with one attached hydrogen (secondary N) is 1. The van der Waals surface area contributed by atoms with Gasteiger partial charge >= 0.3 is 6.61 Å². The van der Waals surface area contributed by atoms with Crippen molar-refractivity contribution in [3.63, 3.8) is 0 Å². The van der Waals surface area contributed by atoms with Crippen molar-refractivity contribution in [2.45, 2.75) is 32.0 Å². The summed E-state index contributed by atoms with van der Waals surface area (Å²) in [6, 6.07) is 10.2. The van der Waals surface area contributed by atoms with Crippen LogP contribution in [0.5, 0.6) is 11.5 Å². The molecule has 1 fully saturated rings. The van der Waals surface area contributed by atoms with Gasteiger partial charge in [-0.3, -0.25) is 15.0 Å². The predicted octanol–water partition coefficient (Wildman–Crippen LogP) is 3.21. The van der Waals surface area contributed by atoms with E-state index in [1.807, 2.05) is 12.1 Å². The van der Waals surface area contributed by atoms with E-state index in [0.717, 1.165) is 23.8 Å². The molecule has 0 radical (unpaired) electrons. The number of benzene rings is 2. The van der Waals surface area contributed by atoms with Gasteiger partial charge in [0.15, 0.2) is 11.5 Å². The Morgan fingerprint density at radius 2 is 1.90 bits per heavy atom. The Morgan fingerprint density at radius 3 is 2.66 bits per heavy atom. The molecule has 1 aliphatic heterocycles. The third kappa shape index (κ3) is 3.98. The van der Waals surface area contributed by atoms with Gasteiger partial charge in [-0.1, -0.05) is 18.2 Å². The Labute approximate surface area is 164 Å². The van der Waals surface area contributed by atoms with Crippen molar-refractivity contribution in [2.75, 3.05) is 5.01 Å². The first kappa shape index (κ1) is 19.1. The van der Waals surface area contributed by atoms with Crippen LogP contribution in [0.25, 0.3) is 0 Å². The van der Waals surface area contributed by atoms with Gasteiger partial charge in [-0.25, -0.2) is 9.40 Å². The molecule has 0 atom stereocenters. The first-order valence-corrected chi connectivity index (χ1v) is 9.03. The lowest BCUT2D eigenvalue weighted by atomic mass is 9.81. The first-order valence-electron chi connectivity index (χ1n) is 9.03. The number of amides is 2. The number of anilines is 1. The van der Waals surface area contributed by atoms with Gasteiger partial charge in [0, 0.05) is 12.0 Å². The highest BCUT2D eigenvalue weighted by molar-refractivity contribution is 6.03. The van der Waals surface area contributed by atoms with Gasteiger partial charge in [-0.2, -0.15) is 8.78 Å². The molecule has 1 N–H and O–H groups in total. The molecule has 6 nitrogen and oxygen atoms in total. The Hall–Kier alpha value is -3.23. The maximum Gasteiger partial charge on any atom is 0.387 e. The highest BCUT2D eigenvalue weighted by atomic mass is 19.3. The molecule has 1 heterocycles. The summed E-state index contributed by atoms with van der Waals surface area (Å²) in [6.45, 7) is -3.07. The van der Waals surface area contributed by atoms with E-state index in [0.29, 0.717) is 18.5 Å². The number of alkyl halides is 2. The number of carbonyl (C=O) groups excluding carboxylic acids is 2. The highest BCUT2D eigenvalue weighted by Crippen LogP contribution is 2.37. The molecule has 29 heavy (non-hydrogen) atoms. The fourth-order valence-corrected chi connectivity index (χ4v) is 3.40. The zero-order valence-electron chi connectivity index (χ0n) is 15.1. The average Bonchev–Trinajstić information content (AvgIpc) is 2.95. The fourth-order valence-electron chi connectivity index (χ4n) is 3.40. The number of hydrazine groups is 1. The molecular formula is C20H17F3N2O4. The average molecular weight is 406 g/mol. The summed E-state index contributed by atoms with van der Waals surface area (Å²) in [7, 11) is 0. The maximum absolute atomic E-state index is 13.4. The number of nitrogens with zero attached hydrogens (tertiary/aromatic N) is 1. The van der Waals surface area contributed by atoms with Crippen LogP contribution in [0.1, 0.15) is 18.4 Å². The van der Waals surface area contributed by atoms with Gasteiger partial charge in [0.1, 0.15) is 11.9 Å². The molecule has 0 aromatic heterocycles. The van der Waals surface area contributed by atoms with Gasteiger partial charge in [0.2, 0.25) is 11.8 Å². The smallest absolute Gasteiger partial charge is 0.387 e. The van der Waals surface area contributed by atoms with Crippen molar-refractivity contribution in [3.8, 4) is 11.5 Å². The van der Waals surface area contributed by atoms with E-state index in [-0.39, 0.29) is 29.7 Å². The molecule has 0 spiro atoms. The van der Waals surface area contributed by atoms with Crippen LogP contribution < -0.4 is 19.9 Å². The summed E-state index contributed by atoms with van der Waals surface area (Å²) in [4.78, 5) is 24.6. The van der Waals surface area contributed by atoms with E-state index in [1.54, 1.807) is 12.1 Å². The highest BCUT2D eigenvalue weighted by Gasteiger charge is 2.39. The van der Waals surface area contributed by atoms with Crippen molar-refractivity contribution in [3.05, 3.63) is 53.8 Å². The molecule has 0 bridgehead atoms. The second-order valence-electron chi connectivity index (χ2n) is 6.89. The number of hydrogen-bond acceptors (Lipinski definition) is 4. The SMILES string of the molecule is O=C(NN1C(=O)Cc2ccccc21)C1CC(Oc2cc(F)ccc2OC(F)F)C1. The molecule has 2 aromatic carbocycles. The Balaban J connectivity index is 1.34. The third-order valence-corrected chi connectivity index (χ3v) is 4.93. The summed E-state index contributed by atoms with van der Waals surface area (Å²) in [6.07, 6.45) is 0.383. The molecule has 0 unspecified atom stereocenters. The van der Waals surface area contributed by atoms with Crippen molar-refractivity contribution in [1.82, 2.24) is 5.43 Å². The molecular weight excluding hydrogens is 389 g/mol. The minimum atomic E-state index is -3.07. The van der Waals surface area contributed by atoms with Crippen LogP contribution >= 0.6 is 0 Å². The summed E-state index contributed by atoms with van der Waals surface area (Å²) in [5, 5.41) is 1.24. The van der Waals surface area contributed by atoms with E-state index in [1.165, 1.54) is 5.01 Å². The zero-order valence-corrected chi connectivity index (χ0v) is 15.1. The van der Waals surface area contributed by atoms with Crippen LogP contribution in [0, 0.1) is 11.7 Å². The van der Waals surface area contributed by atoms with Crippen LogP contribution in [0.3, 0.4) is 0 Å². The third-order valence-electron chi connectivity index (χ3n) is 4.93. The molecule has 1 aliphatic carbocycles. The van der Waals surface area contributed by atoms with Gasteiger partial charge in [-0.15, -0.1) is 0 Å². The van der Waals surface area contributed by atoms with E-state index < -0.39 is 24.5 Å². The lowest BCUT2D eigenvalue weighted by molar-refractivity contribution is -0.133. The quantitative estimate of drug-likeness (QED) is 0.800. The van der Waals surface area contributed by atoms with Crippen LogP contribution in [0.15, 0.2) is 42.5 Å². The van der Waals surface area contributed by atoms with Gasteiger partial charge in [-0.05, 0) is 36.6 Å². The number of ether oxygens (including phenoxy) is 2. The van der Waals surface area contributed by atoms with Crippen LogP contribution in [-0.4, -0.2) is 24.5 Å². The van der Waals surface area contributed by atoms with E-state index >= 15 is 0 Å². The number of carbonyl (C=O) groups is 2.